The zero-order chi connectivity index (χ0) is 23.3. The normalized spacial score (nSPS) is 18.9. The van der Waals surface area contributed by atoms with Crippen molar-refractivity contribution >= 4 is 11.7 Å². The number of amidine groups is 1. The molecule has 0 unspecified atom stereocenters. The summed E-state index contributed by atoms with van der Waals surface area (Å²) in [6.45, 7) is 2.12. The van der Waals surface area contributed by atoms with Crippen LogP contribution in [-0.2, 0) is 6.54 Å². The average Bonchev–Trinajstić information content (AvgIpc) is 3.66. The van der Waals surface area contributed by atoms with Gasteiger partial charge >= 0.3 is 0 Å². The summed E-state index contributed by atoms with van der Waals surface area (Å²) in [5.41, 5.74) is 11.6. The number of hydrogen-bond acceptors (Lipinski definition) is 3. The van der Waals surface area contributed by atoms with Gasteiger partial charge in [0.25, 0.3) is 5.91 Å². The van der Waals surface area contributed by atoms with Crippen LogP contribution in [0, 0.1) is 11.2 Å². The third kappa shape index (κ3) is 3.91. The van der Waals surface area contributed by atoms with E-state index in [9.17, 15) is 14.3 Å². The molecule has 0 spiro atoms. The van der Waals surface area contributed by atoms with E-state index in [0.717, 1.165) is 22.3 Å². The van der Waals surface area contributed by atoms with Gasteiger partial charge in [-0.2, -0.15) is 0 Å². The van der Waals surface area contributed by atoms with Crippen LogP contribution in [0.15, 0.2) is 54.6 Å². The fourth-order valence-corrected chi connectivity index (χ4v) is 4.70. The predicted molar refractivity (Wildman–Crippen MR) is 125 cm³/mol. The molecule has 2 aliphatic carbocycles. The van der Waals surface area contributed by atoms with Crippen molar-refractivity contribution in [2.75, 3.05) is 0 Å². The van der Waals surface area contributed by atoms with Crippen molar-refractivity contribution in [2.45, 2.75) is 44.2 Å². The largest absolute Gasteiger partial charge is 0.384 e. The summed E-state index contributed by atoms with van der Waals surface area (Å²) in [6, 6.07) is 16.0. The predicted octanol–water partition coefficient (Wildman–Crippen LogP) is 4.46. The van der Waals surface area contributed by atoms with Gasteiger partial charge in [0.05, 0.1) is 0 Å². The molecule has 3 aromatic rings. The second-order valence-electron chi connectivity index (χ2n) is 9.03. The zero-order valence-electron chi connectivity index (χ0n) is 18.4. The van der Waals surface area contributed by atoms with E-state index >= 15 is 0 Å². The Balaban J connectivity index is 1.37. The van der Waals surface area contributed by atoms with Gasteiger partial charge in [0.1, 0.15) is 17.8 Å². The minimum Gasteiger partial charge on any atom is -0.384 e. The van der Waals surface area contributed by atoms with Gasteiger partial charge in [-0.25, -0.2) is 4.39 Å². The summed E-state index contributed by atoms with van der Waals surface area (Å²) < 4.78 is 14.3. The highest BCUT2D eigenvalue weighted by atomic mass is 19.1. The van der Waals surface area contributed by atoms with Gasteiger partial charge in [-0.1, -0.05) is 43.3 Å². The molecule has 2 aliphatic rings. The molecule has 0 radical (unpaired) electrons. The van der Waals surface area contributed by atoms with Crippen molar-refractivity contribution in [2.24, 2.45) is 5.73 Å². The van der Waals surface area contributed by atoms with Gasteiger partial charge in [0.15, 0.2) is 0 Å². The fourth-order valence-electron chi connectivity index (χ4n) is 4.70. The van der Waals surface area contributed by atoms with Gasteiger partial charge < -0.3 is 16.2 Å². The molecule has 0 bridgehead atoms. The van der Waals surface area contributed by atoms with E-state index in [1.807, 2.05) is 18.2 Å². The number of nitrogen functional groups attached to an aromatic ring is 1. The van der Waals surface area contributed by atoms with E-state index in [0.29, 0.717) is 22.6 Å². The number of hydrogen-bond donors (Lipinski definition) is 4. The number of amides is 1. The summed E-state index contributed by atoms with van der Waals surface area (Å²) in [5, 5.41) is 21.1. The molecule has 2 atom stereocenters. The first kappa shape index (κ1) is 21.3. The Kier molecular flexibility index (Phi) is 5.25. The Bertz CT molecular complexity index is 1280. The van der Waals surface area contributed by atoms with E-state index in [4.69, 9.17) is 11.1 Å². The SMILES string of the molecule is C[C@H]1c2cc(C(=O)NCc3ccc(C(=N)N)cc3F)ccc2[C@@H](O)c2ccc(C3CC3)cc21. The minimum atomic E-state index is -0.717. The summed E-state index contributed by atoms with van der Waals surface area (Å²) >= 11 is 0. The molecule has 5 nitrogen and oxygen atoms in total. The molecule has 0 saturated heterocycles. The molecule has 0 heterocycles. The number of aliphatic hydroxyl groups is 1. The minimum absolute atomic E-state index is 0.0195. The third-order valence-corrected chi connectivity index (χ3v) is 6.83. The maximum absolute atomic E-state index is 14.3. The molecule has 3 aromatic carbocycles. The summed E-state index contributed by atoms with van der Waals surface area (Å²) in [4.78, 5) is 12.8. The van der Waals surface area contributed by atoms with E-state index in [1.165, 1.54) is 30.5 Å². The Morgan fingerprint density at radius 3 is 2.36 bits per heavy atom. The first-order chi connectivity index (χ1) is 15.8. The van der Waals surface area contributed by atoms with Crippen LogP contribution in [0.4, 0.5) is 4.39 Å². The molecule has 33 heavy (non-hydrogen) atoms. The van der Waals surface area contributed by atoms with Crippen LogP contribution in [0.5, 0.6) is 0 Å². The van der Waals surface area contributed by atoms with Crippen molar-refractivity contribution < 1.29 is 14.3 Å². The fraction of sp³-hybridized carbons (Fsp3) is 0.259. The number of carbonyl (C=O) groups excluding carboxylic acids is 1. The highest BCUT2D eigenvalue weighted by Crippen LogP contribution is 2.46. The smallest absolute Gasteiger partial charge is 0.251 e. The molecule has 168 valence electrons. The molecule has 5 N–H and O–H groups in total. The van der Waals surface area contributed by atoms with Gasteiger partial charge in [-0.15, -0.1) is 0 Å². The number of nitrogens with one attached hydrogen (secondary N) is 2. The number of rotatable bonds is 5. The maximum atomic E-state index is 14.3. The lowest BCUT2D eigenvalue weighted by Gasteiger charge is -2.30. The number of carbonyl (C=O) groups is 1. The molecule has 0 aromatic heterocycles. The second-order valence-corrected chi connectivity index (χ2v) is 9.03. The van der Waals surface area contributed by atoms with E-state index in [1.54, 1.807) is 12.1 Å². The van der Waals surface area contributed by atoms with Crippen LogP contribution in [-0.4, -0.2) is 16.8 Å². The summed E-state index contributed by atoms with van der Waals surface area (Å²) in [6.07, 6.45) is 1.72. The van der Waals surface area contributed by atoms with Crippen LogP contribution in [0.3, 0.4) is 0 Å². The molecule has 6 heteroatoms. The number of benzene rings is 3. The lowest BCUT2D eigenvalue weighted by atomic mass is 9.76. The molecular formula is C27H26FN3O2. The Hall–Kier alpha value is -3.51. The monoisotopic (exact) mass is 443 g/mol. The van der Waals surface area contributed by atoms with Crippen molar-refractivity contribution in [3.8, 4) is 0 Å². The number of nitrogens with two attached hydrogens (primary N) is 1. The molecule has 1 amide bonds. The second kappa shape index (κ2) is 8.12. The zero-order valence-corrected chi connectivity index (χ0v) is 18.4. The molecule has 5 rings (SSSR count). The van der Waals surface area contributed by atoms with Crippen LogP contribution in [0.2, 0.25) is 0 Å². The lowest BCUT2D eigenvalue weighted by Crippen LogP contribution is -2.25. The van der Waals surface area contributed by atoms with Crippen LogP contribution in [0.25, 0.3) is 0 Å². The van der Waals surface area contributed by atoms with Gasteiger partial charge in [-0.3, -0.25) is 10.2 Å². The van der Waals surface area contributed by atoms with Crippen molar-refractivity contribution in [3.63, 3.8) is 0 Å². The quantitative estimate of drug-likeness (QED) is 0.346. The van der Waals surface area contributed by atoms with E-state index in [-0.39, 0.29) is 24.2 Å². The molecular weight excluding hydrogens is 417 g/mol. The van der Waals surface area contributed by atoms with Crippen LogP contribution >= 0.6 is 0 Å². The standard InChI is InChI=1S/C27H26FN3O2/c1-14-22-10-16(15-2-3-15)6-8-20(22)25(32)21-9-7-18(11-23(14)21)27(33)31-13-19-5-4-17(26(29)30)12-24(19)28/h4-12,14-15,25,32H,2-3,13H2,1H3,(H3,29,30)(H,31,33)/t14-,25+/m1/s1. The van der Waals surface area contributed by atoms with Gasteiger partial charge in [-0.05, 0) is 64.8 Å². The van der Waals surface area contributed by atoms with E-state index < -0.39 is 11.9 Å². The number of fused-ring (bicyclic) bond motifs is 2. The number of halogens is 1. The first-order valence-corrected chi connectivity index (χ1v) is 11.2. The molecule has 1 saturated carbocycles. The van der Waals surface area contributed by atoms with Crippen LogP contribution < -0.4 is 11.1 Å². The third-order valence-electron chi connectivity index (χ3n) is 6.83. The Morgan fingerprint density at radius 2 is 1.70 bits per heavy atom. The molecule has 1 fully saturated rings. The van der Waals surface area contributed by atoms with Gasteiger partial charge in [0, 0.05) is 29.2 Å². The van der Waals surface area contributed by atoms with E-state index in [2.05, 4.69) is 24.4 Å². The summed E-state index contributed by atoms with van der Waals surface area (Å²) in [5.74, 6) is -0.356. The van der Waals surface area contributed by atoms with Crippen molar-refractivity contribution in [3.05, 3.63) is 105 Å². The average molecular weight is 444 g/mol. The maximum Gasteiger partial charge on any atom is 0.251 e. The lowest BCUT2D eigenvalue weighted by molar-refractivity contribution is 0.0950. The highest BCUT2D eigenvalue weighted by Gasteiger charge is 2.31. The van der Waals surface area contributed by atoms with Gasteiger partial charge in [0.2, 0.25) is 0 Å². The Labute approximate surface area is 192 Å². The van der Waals surface area contributed by atoms with Crippen LogP contribution in [0.1, 0.15) is 87.0 Å². The number of aliphatic hydroxyl groups excluding tert-OH is 1. The van der Waals surface area contributed by atoms with Crippen molar-refractivity contribution in [1.82, 2.24) is 5.32 Å². The Morgan fingerprint density at radius 1 is 1.03 bits per heavy atom. The molecule has 0 aliphatic heterocycles. The topological polar surface area (TPSA) is 99.2 Å². The highest BCUT2D eigenvalue weighted by molar-refractivity contribution is 5.95. The summed E-state index contributed by atoms with van der Waals surface area (Å²) in [7, 11) is 0. The first-order valence-electron chi connectivity index (χ1n) is 11.2. The van der Waals surface area contributed by atoms with Crippen molar-refractivity contribution in [1.29, 1.82) is 5.41 Å².